The van der Waals surface area contributed by atoms with Crippen molar-refractivity contribution in [2.75, 3.05) is 20.2 Å². The van der Waals surface area contributed by atoms with Gasteiger partial charge in [-0.3, -0.25) is 4.79 Å². The van der Waals surface area contributed by atoms with Crippen LogP contribution in [0.3, 0.4) is 0 Å². The maximum Gasteiger partial charge on any atom is 0.226 e. The molecule has 0 saturated carbocycles. The van der Waals surface area contributed by atoms with Gasteiger partial charge in [0.1, 0.15) is 18.8 Å². The summed E-state index contributed by atoms with van der Waals surface area (Å²) in [6.07, 6.45) is 1.15. The van der Waals surface area contributed by atoms with Gasteiger partial charge in [-0.05, 0) is 30.7 Å². The Kier molecular flexibility index (Phi) is 6.49. The third kappa shape index (κ3) is 5.05. The Bertz CT molecular complexity index is 770. The molecule has 2 rings (SSSR count). The molecule has 0 aliphatic carbocycles. The summed E-state index contributed by atoms with van der Waals surface area (Å²) in [4.78, 5) is 17.5. The Morgan fingerprint density at radius 2 is 1.92 bits per heavy atom. The maximum atomic E-state index is 11.9. The summed E-state index contributed by atoms with van der Waals surface area (Å²) < 4.78 is 10.3. The van der Waals surface area contributed by atoms with Crippen LogP contribution in [0.2, 0.25) is 0 Å². The van der Waals surface area contributed by atoms with Crippen molar-refractivity contribution >= 4 is 5.91 Å². The van der Waals surface area contributed by atoms with Crippen molar-refractivity contribution in [2.45, 2.75) is 19.3 Å². The van der Waals surface area contributed by atoms with Crippen molar-refractivity contribution in [1.82, 2.24) is 15.0 Å². The average Bonchev–Trinajstić information content (AvgIpc) is 3.10. The molecule has 0 spiro atoms. The fraction of sp³-hybridized carbons (Fsp3) is 0.353. The van der Waals surface area contributed by atoms with E-state index in [0.29, 0.717) is 24.6 Å². The topological polar surface area (TPSA) is 116 Å². The molecular weight excluding hydrogens is 322 g/mol. The molecule has 0 atom stereocenters. The Morgan fingerprint density at radius 1 is 1.24 bits per heavy atom. The molecule has 0 bridgehead atoms. The second-order valence-electron chi connectivity index (χ2n) is 5.16. The summed E-state index contributed by atoms with van der Waals surface area (Å²) in [6, 6.07) is 11.0. The molecular formula is C17H17N5O3. The van der Waals surface area contributed by atoms with Crippen molar-refractivity contribution in [3.05, 3.63) is 30.2 Å². The van der Waals surface area contributed by atoms with Crippen LogP contribution in [0.1, 0.15) is 18.7 Å². The van der Waals surface area contributed by atoms with Gasteiger partial charge >= 0.3 is 0 Å². The van der Waals surface area contributed by atoms with Crippen LogP contribution in [0.5, 0.6) is 5.75 Å². The van der Waals surface area contributed by atoms with E-state index in [-0.39, 0.29) is 25.4 Å². The quantitative estimate of drug-likeness (QED) is 0.675. The number of aromatic nitrogens is 2. The first-order valence-electron chi connectivity index (χ1n) is 7.66. The van der Waals surface area contributed by atoms with Crippen LogP contribution < -0.4 is 4.74 Å². The van der Waals surface area contributed by atoms with Gasteiger partial charge in [-0.15, -0.1) is 0 Å². The summed E-state index contributed by atoms with van der Waals surface area (Å²) in [5.41, 5.74) is 0.807. The minimum atomic E-state index is -0.238. The van der Waals surface area contributed by atoms with Gasteiger partial charge in [-0.1, -0.05) is 5.16 Å². The van der Waals surface area contributed by atoms with Gasteiger partial charge in [-0.25, -0.2) is 0 Å². The fourth-order valence-corrected chi connectivity index (χ4v) is 2.17. The number of methoxy groups -OCH3 is 1. The Labute approximate surface area is 145 Å². The first-order valence-corrected chi connectivity index (χ1v) is 7.66. The van der Waals surface area contributed by atoms with Gasteiger partial charge < -0.3 is 14.2 Å². The van der Waals surface area contributed by atoms with Gasteiger partial charge in [0.25, 0.3) is 0 Å². The predicted molar refractivity (Wildman–Crippen MR) is 87.0 cm³/mol. The van der Waals surface area contributed by atoms with Gasteiger partial charge in [0, 0.05) is 18.4 Å². The van der Waals surface area contributed by atoms with E-state index in [2.05, 4.69) is 10.1 Å². The highest BCUT2D eigenvalue weighted by Crippen LogP contribution is 2.20. The standard InChI is InChI=1S/C17H17N5O3/c1-24-14-7-5-13(6-8-14)17-20-15(25-21-17)3-2-4-16(23)22(11-9-18)12-10-19/h5-8H,2-4,11-12H2,1H3. The van der Waals surface area contributed by atoms with Gasteiger partial charge in [0.15, 0.2) is 0 Å². The van der Waals surface area contributed by atoms with E-state index >= 15 is 0 Å². The molecule has 0 fully saturated rings. The molecule has 2 aromatic rings. The first-order chi connectivity index (χ1) is 12.2. The smallest absolute Gasteiger partial charge is 0.226 e. The van der Waals surface area contributed by atoms with Crippen molar-refractivity contribution in [2.24, 2.45) is 0 Å². The highest BCUT2D eigenvalue weighted by atomic mass is 16.5. The summed E-state index contributed by atoms with van der Waals surface area (Å²) in [6.45, 7) is -0.177. The summed E-state index contributed by atoms with van der Waals surface area (Å²) in [7, 11) is 1.59. The molecule has 0 radical (unpaired) electrons. The molecule has 0 N–H and O–H groups in total. The first kappa shape index (κ1) is 18.0. The van der Waals surface area contributed by atoms with Crippen LogP contribution in [0, 0.1) is 22.7 Å². The zero-order chi connectivity index (χ0) is 18.1. The second-order valence-corrected chi connectivity index (χ2v) is 5.16. The third-order valence-electron chi connectivity index (χ3n) is 3.47. The van der Waals surface area contributed by atoms with Gasteiger partial charge in [0.2, 0.25) is 17.6 Å². The van der Waals surface area contributed by atoms with Gasteiger partial charge in [0.05, 0.1) is 19.2 Å². The molecule has 8 heteroatoms. The highest BCUT2D eigenvalue weighted by molar-refractivity contribution is 5.76. The van der Waals surface area contributed by atoms with E-state index in [4.69, 9.17) is 19.8 Å². The normalized spacial score (nSPS) is 9.88. The molecule has 1 amide bonds. The number of aryl methyl sites for hydroxylation is 1. The third-order valence-corrected chi connectivity index (χ3v) is 3.47. The van der Waals surface area contributed by atoms with Crippen LogP contribution in [0.15, 0.2) is 28.8 Å². The van der Waals surface area contributed by atoms with E-state index in [1.165, 1.54) is 4.90 Å². The summed E-state index contributed by atoms with van der Waals surface area (Å²) >= 11 is 0. The van der Waals surface area contributed by atoms with Crippen molar-refractivity contribution in [1.29, 1.82) is 10.5 Å². The van der Waals surface area contributed by atoms with Crippen LogP contribution in [0.25, 0.3) is 11.4 Å². The fourth-order valence-electron chi connectivity index (χ4n) is 2.17. The predicted octanol–water partition coefficient (Wildman–Crippen LogP) is 1.94. The molecule has 0 unspecified atom stereocenters. The largest absolute Gasteiger partial charge is 0.497 e. The average molecular weight is 339 g/mol. The lowest BCUT2D eigenvalue weighted by atomic mass is 10.2. The summed E-state index contributed by atoms with van der Waals surface area (Å²) in [5.74, 6) is 1.41. The number of rotatable bonds is 8. The number of ether oxygens (including phenoxy) is 1. The Morgan fingerprint density at radius 3 is 2.52 bits per heavy atom. The van der Waals surface area contributed by atoms with Crippen LogP contribution in [0.4, 0.5) is 0 Å². The van der Waals surface area contributed by atoms with Crippen LogP contribution in [-0.4, -0.2) is 41.1 Å². The Balaban J connectivity index is 1.88. The van der Waals surface area contributed by atoms with Crippen LogP contribution >= 0.6 is 0 Å². The number of carbonyl (C=O) groups is 1. The minimum Gasteiger partial charge on any atom is -0.497 e. The maximum absolute atomic E-state index is 11.9. The lowest BCUT2D eigenvalue weighted by molar-refractivity contribution is -0.130. The summed E-state index contributed by atoms with van der Waals surface area (Å²) in [5, 5.41) is 21.3. The van der Waals surface area contributed by atoms with Crippen LogP contribution in [-0.2, 0) is 11.2 Å². The SMILES string of the molecule is COc1ccc(-c2noc(CCCC(=O)N(CC#N)CC#N)n2)cc1. The van der Waals surface area contributed by atoms with Crippen molar-refractivity contribution in [3.63, 3.8) is 0 Å². The number of nitriles is 2. The molecule has 0 aliphatic heterocycles. The van der Waals surface area contributed by atoms with Crippen molar-refractivity contribution in [3.8, 4) is 29.3 Å². The molecule has 25 heavy (non-hydrogen) atoms. The molecule has 0 aliphatic rings. The molecule has 1 aromatic heterocycles. The highest BCUT2D eigenvalue weighted by Gasteiger charge is 2.14. The van der Waals surface area contributed by atoms with E-state index in [9.17, 15) is 4.79 Å². The van der Waals surface area contributed by atoms with E-state index in [0.717, 1.165) is 11.3 Å². The molecule has 128 valence electrons. The van der Waals surface area contributed by atoms with Gasteiger partial charge in [-0.2, -0.15) is 15.5 Å². The number of hydrogen-bond donors (Lipinski definition) is 0. The number of carbonyl (C=O) groups excluding carboxylic acids is 1. The number of hydrogen-bond acceptors (Lipinski definition) is 7. The molecule has 1 heterocycles. The lowest BCUT2D eigenvalue weighted by Gasteiger charge is -2.14. The second kappa shape index (κ2) is 9.04. The molecule has 0 saturated heterocycles. The monoisotopic (exact) mass is 339 g/mol. The number of nitrogens with zero attached hydrogens (tertiary/aromatic N) is 5. The number of amides is 1. The van der Waals surface area contributed by atoms with E-state index in [1.807, 2.05) is 36.4 Å². The van der Waals surface area contributed by atoms with E-state index in [1.54, 1.807) is 7.11 Å². The molecule has 1 aromatic carbocycles. The lowest BCUT2D eigenvalue weighted by Crippen LogP contribution is -2.31. The molecule has 8 nitrogen and oxygen atoms in total. The zero-order valence-corrected chi connectivity index (χ0v) is 13.8. The van der Waals surface area contributed by atoms with Crippen molar-refractivity contribution < 1.29 is 14.1 Å². The Hall–Kier alpha value is -3.39. The minimum absolute atomic E-state index is 0.0887. The zero-order valence-electron chi connectivity index (χ0n) is 13.8. The van der Waals surface area contributed by atoms with E-state index < -0.39 is 0 Å². The number of benzene rings is 1.